The lowest BCUT2D eigenvalue weighted by molar-refractivity contribution is 0.146. The molecule has 1 nitrogen and oxygen atoms in total. The maximum atomic E-state index is 5.56. The van der Waals surface area contributed by atoms with Crippen LogP contribution in [0.3, 0.4) is 0 Å². The monoisotopic (exact) mass is 300 g/mol. The molecular formula is C12H13IO. The molecule has 0 aromatic heterocycles. The summed E-state index contributed by atoms with van der Waals surface area (Å²) >= 11 is 2.38. The maximum absolute atomic E-state index is 5.56. The molecule has 0 amide bonds. The molecule has 1 heterocycles. The zero-order valence-electron chi connectivity index (χ0n) is 7.95. The summed E-state index contributed by atoms with van der Waals surface area (Å²) in [4.78, 5) is 0. The number of ether oxygens (including phenoxy) is 1. The molecule has 1 aromatic rings. The number of hydrogen-bond donors (Lipinski definition) is 0. The molecule has 1 aliphatic rings. The summed E-state index contributed by atoms with van der Waals surface area (Å²) in [5.74, 6) is 0. The first-order valence-corrected chi connectivity index (χ1v) is 5.98. The van der Waals surface area contributed by atoms with Gasteiger partial charge in [0.15, 0.2) is 0 Å². The normalized spacial score (nSPS) is 22.6. The van der Waals surface area contributed by atoms with E-state index >= 15 is 0 Å². The van der Waals surface area contributed by atoms with Crippen LogP contribution in [-0.2, 0) is 4.74 Å². The second-order valence-electron chi connectivity index (χ2n) is 3.43. The van der Waals surface area contributed by atoms with Crippen molar-refractivity contribution in [3.05, 3.63) is 42.0 Å². The van der Waals surface area contributed by atoms with Gasteiger partial charge in [-0.1, -0.05) is 30.3 Å². The topological polar surface area (TPSA) is 9.23 Å². The lowest BCUT2D eigenvalue weighted by Crippen LogP contribution is -1.99. The Bertz CT molecular complexity index is 312. The van der Waals surface area contributed by atoms with Gasteiger partial charge in [0.05, 0.1) is 6.10 Å². The molecule has 0 aliphatic carbocycles. The van der Waals surface area contributed by atoms with E-state index in [1.165, 1.54) is 22.0 Å². The van der Waals surface area contributed by atoms with Crippen LogP contribution in [-0.4, -0.2) is 12.7 Å². The summed E-state index contributed by atoms with van der Waals surface area (Å²) in [5, 5.41) is 0. The van der Waals surface area contributed by atoms with Crippen molar-refractivity contribution in [2.75, 3.05) is 6.61 Å². The van der Waals surface area contributed by atoms with E-state index in [-0.39, 0.29) is 0 Å². The first-order chi connectivity index (χ1) is 6.86. The first-order valence-electron chi connectivity index (χ1n) is 4.90. The average molecular weight is 300 g/mol. The zero-order valence-corrected chi connectivity index (χ0v) is 10.1. The maximum Gasteiger partial charge on any atom is 0.0770 e. The summed E-state index contributed by atoms with van der Waals surface area (Å²) in [6.07, 6.45) is 4.92. The lowest BCUT2D eigenvalue weighted by atomic mass is 10.1. The molecular weight excluding hydrogens is 287 g/mol. The Kier molecular flexibility index (Phi) is 3.59. The summed E-state index contributed by atoms with van der Waals surface area (Å²) in [6, 6.07) is 10.4. The van der Waals surface area contributed by atoms with Gasteiger partial charge < -0.3 is 4.74 Å². The molecule has 2 rings (SSSR count). The number of benzene rings is 1. The number of rotatable bonds is 2. The SMILES string of the molecule is I/C(=C\C1CCCO1)c1ccccc1. The van der Waals surface area contributed by atoms with Crippen molar-refractivity contribution in [2.45, 2.75) is 18.9 Å². The molecule has 14 heavy (non-hydrogen) atoms. The van der Waals surface area contributed by atoms with E-state index in [0.717, 1.165) is 6.61 Å². The number of hydrogen-bond acceptors (Lipinski definition) is 1. The van der Waals surface area contributed by atoms with Crippen LogP contribution in [0, 0.1) is 0 Å². The summed E-state index contributed by atoms with van der Waals surface area (Å²) in [6.45, 7) is 0.917. The molecule has 1 atom stereocenters. The van der Waals surface area contributed by atoms with Crippen molar-refractivity contribution < 1.29 is 4.74 Å². The van der Waals surface area contributed by atoms with Crippen LogP contribution in [0.4, 0.5) is 0 Å². The van der Waals surface area contributed by atoms with Crippen molar-refractivity contribution in [3.63, 3.8) is 0 Å². The van der Waals surface area contributed by atoms with Crippen LogP contribution in [0.2, 0.25) is 0 Å². The van der Waals surface area contributed by atoms with Crippen molar-refractivity contribution in [1.29, 1.82) is 0 Å². The van der Waals surface area contributed by atoms with Crippen LogP contribution in [0.25, 0.3) is 3.58 Å². The van der Waals surface area contributed by atoms with Crippen molar-refractivity contribution in [1.82, 2.24) is 0 Å². The second-order valence-corrected chi connectivity index (χ2v) is 4.59. The molecule has 2 heteroatoms. The van der Waals surface area contributed by atoms with Crippen LogP contribution in [0.15, 0.2) is 36.4 Å². The summed E-state index contributed by atoms with van der Waals surface area (Å²) in [5.41, 5.74) is 1.28. The van der Waals surface area contributed by atoms with Gasteiger partial charge in [-0.2, -0.15) is 0 Å². The third-order valence-electron chi connectivity index (χ3n) is 2.35. The third kappa shape index (κ3) is 2.58. The van der Waals surface area contributed by atoms with Gasteiger partial charge in [0.25, 0.3) is 0 Å². The van der Waals surface area contributed by atoms with Crippen molar-refractivity contribution >= 4 is 26.2 Å². The van der Waals surface area contributed by atoms with E-state index in [1.54, 1.807) is 0 Å². The Morgan fingerprint density at radius 2 is 2.14 bits per heavy atom. The molecule has 1 aliphatic heterocycles. The first kappa shape index (κ1) is 10.2. The van der Waals surface area contributed by atoms with E-state index in [4.69, 9.17) is 4.74 Å². The highest BCUT2D eigenvalue weighted by molar-refractivity contribution is 14.1. The fourth-order valence-corrected chi connectivity index (χ4v) is 2.35. The van der Waals surface area contributed by atoms with Gasteiger partial charge in [-0.3, -0.25) is 0 Å². The minimum absolute atomic E-state index is 0.335. The average Bonchev–Trinajstić information content (AvgIpc) is 2.72. The second kappa shape index (κ2) is 4.94. The largest absolute Gasteiger partial charge is 0.374 e. The van der Waals surface area contributed by atoms with Crippen LogP contribution >= 0.6 is 22.6 Å². The molecule has 1 unspecified atom stereocenters. The van der Waals surface area contributed by atoms with Crippen LogP contribution in [0.1, 0.15) is 18.4 Å². The molecule has 1 fully saturated rings. The van der Waals surface area contributed by atoms with Crippen LogP contribution < -0.4 is 0 Å². The number of halogens is 1. The summed E-state index contributed by atoms with van der Waals surface area (Å²) < 4.78 is 6.85. The predicted octanol–water partition coefficient (Wildman–Crippen LogP) is 3.64. The molecule has 0 N–H and O–H groups in total. The molecule has 0 radical (unpaired) electrons. The van der Waals surface area contributed by atoms with E-state index in [9.17, 15) is 0 Å². The molecule has 1 aromatic carbocycles. The Morgan fingerprint density at radius 1 is 1.36 bits per heavy atom. The van der Waals surface area contributed by atoms with E-state index < -0.39 is 0 Å². The van der Waals surface area contributed by atoms with E-state index in [1.807, 2.05) is 6.07 Å². The summed E-state index contributed by atoms with van der Waals surface area (Å²) in [7, 11) is 0. The minimum Gasteiger partial charge on any atom is -0.374 e. The highest BCUT2D eigenvalue weighted by Gasteiger charge is 2.13. The Hall–Kier alpha value is -0.350. The Balaban J connectivity index is 2.10. The fraction of sp³-hybridized carbons (Fsp3) is 0.333. The zero-order chi connectivity index (χ0) is 9.80. The Morgan fingerprint density at radius 3 is 2.79 bits per heavy atom. The molecule has 0 spiro atoms. The van der Waals surface area contributed by atoms with Gasteiger partial charge in [-0.25, -0.2) is 0 Å². The molecule has 74 valence electrons. The van der Waals surface area contributed by atoms with Crippen LogP contribution in [0.5, 0.6) is 0 Å². The smallest absolute Gasteiger partial charge is 0.0770 e. The minimum atomic E-state index is 0.335. The molecule has 0 saturated carbocycles. The van der Waals surface area contributed by atoms with Gasteiger partial charge in [0, 0.05) is 10.2 Å². The third-order valence-corrected chi connectivity index (χ3v) is 3.33. The molecule has 0 bridgehead atoms. The fourth-order valence-electron chi connectivity index (χ4n) is 1.59. The highest BCUT2D eigenvalue weighted by atomic mass is 127. The standard InChI is InChI=1S/C12H13IO/c13-12(9-11-7-4-8-14-11)10-5-2-1-3-6-10/h1-3,5-6,9,11H,4,7-8H2/b12-9-. The quantitative estimate of drug-likeness (QED) is 0.758. The van der Waals surface area contributed by atoms with Gasteiger partial charge in [0.1, 0.15) is 0 Å². The lowest BCUT2D eigenvalue weighted by Gasteiger charge is -2.05. The van der Waals surface area contributed by atoms with Gasteiger partial charge in [-0.05, 0) is 47.1 Å². The predicted molar refractivity (Wildman–Crippen MR) is 67.4 cm³/mol. The van der Waals surface area contributed by atoms with E-state index in [0.29, 0.717) is 6.10 Å². The van der Waals surface area contributed by atoms with E-state index in [2.05, 4.69) is 52.9 Å². The highest BCUT2D eigenvalue weighted by Crippen LogP contribution is 2.25. The van der Waals surface area contributed by atoms with Gasteiger partial charge in [-0.15, -0.1) is 0 Å². The van der Waals surface area contributed by atoms with Crippen molar-refractivity contribution in [3.8, 4) is 0 Å². The Labute approximate surface area is 98.3 Å². The van der Waals surface area contributed by atoms with Crippen molar-refractivity contribution in [2.24, 2.45) is 0 Å². The molecule has 1 saturated heterocycles. The van der Waals surface area contributed by atoms with Gasteiger partial charge in [0.2, 0.25) is 0 Å². The van der Waals surface area contributed by atoms with Gasteiger partial charge >= 0.3 is 0 Å².